The lowest BCUT2D eigenvalue weighted by Gasteiger charge is -2.18. The van der Waals surface area contributed by atoms with E-state index in [1.807, 2.05) is 6.92 Å². The van der Waals surface area contributed by atoms with Crippen molar-refractivity contribution in [3.63, 3.8) is 0 Å². The molecule has 2 heterocycles. The van der Waals surface area contributed by atoms with Crippen molar-refractivity contribution in [2.45, 2.75) is 11.8 Å². The van der Waals surface area contributed by atoms with Crippen LogP contribution in [-0.4, -0.2) is 45.5 Å². The summed E-state index contributed by atoms with van der Waals surface area (Å²) in [5, 5.41) is 3.32. The van der Waals surface area contributed by atoms with Crippen molar-refractivity contribution >= 4 is 22.4 Å². The minimum atomic E-state index is -3.40. The third-order valence-electron chi connectivity index (χ3n) is 4.11. The van der Waals surface area contributed by atoms with Gasteiger partial charge in [0.2, 0.25) is 10.0 Å². The Morgan fingerprint density at radius 3 is 2.57 bits per heavy atom. The van der Waals surface area contributed by atoms with Gasteiger partial charge in [0.15, 0.2) is 0 Å². The molecule has 0 spiro atoms. The molecule has 0 bridgehead atoms. The Morgan fingerprint density at radius 1 is 1.29 bits per heavy atom. The Balaban J connectivity index is 0.00000161. The van der Waals surface area contributed by atoms with Gasteiger partial charge < -0.3 is 10.1 Å². The molecule has 0 amide bonds. The van der Waals surface area contributed by atoms with Gasteiger partial charge in [-0.3, -0.25) is 0 Å². The number of ether oxygens (including phenoxy) is 1. The first kappa shape index (κ1) is 16.5. The average Bonchev–Trinajstić information content (AvgIpc) is 3.00. The summed E-state index contributed by atoms with van der Waals surface area (Å²) in [5.74, 6) is 1.52. The van der Waals surface area contributed by atoms with Crippen LogP contribution in [0.5, 0.6) is 5.75 Å². The molecule has 0 aromatic heterocycles. The van der Waals surface area contributed by atoms with E-state index in [1.165, 1.54) is 0 Å². The van der Waals surface area contributed by atoms with E-state index in [0.717, 1.165) is 13.1 Å². The Kier molecular flexibility index (Phi) is 5.14. The average molecular weight is 333 g/mol. The number of nitrogens with zero attached hydrogens (tertiary/aromatic N) is 1. The van der Waals surface area contributed by atoms with E-state index in [9.17, 15) is 8.42 Å². The van der Waals surface area contributed by atoms with Crippen LogP contribution in [0.1, 0.15) is 6.92 Å². The van der Waals surface area contributed by atoms with Crippen LogP contribution in [-0.2, 0) is 10.0 Å². The van der Waals surface area contributed by atoms with E-state index in [1.54, 1.807) is 28.6 Å². The summed E-state index contributed by atoms with van der Waals surface area (Å²) in [6.45, 7) is 5.52. The molecule has 21 heavy (non-hydrogen) atoms. The van der Waals surface area contributed by atoms with E-state index in [-0.39, 0.29) is 12.4 Å². The lowest BCUT2D eigenvalue weighted by Crippen LogP contribution is -2.31. The largest absolute Gasteiger partial charge is 0.494 e. The molecule has 2 saturated heterocycles. The van der Waals surface area contributed by atoms with Crippen LogP contribution in [0, 0.1) is 11.8 Å². The second kappa shape index (κ2) is 6.52. The van der Waals surface area contributed by atoms with Gasteiger partial charge in [0.1, 0.15) is 5.75 Å². The first-order valence-corrected chi connectivity index (χ1v) is 8.49. The van der Waals surface area contributed by atoms with Gasteiger partial charge in [-0.15, -0.1) is 12.4 Å². The highest BCUT2D eigenvalue weighted by Crippen LogP contribution is 2.31. The van der Waals surface area contributed by atoms with Crippen LogP contribution < -0.4 is 10.1 Å². The van der Waals surface area contributed by atoms with Crippen LogP contribution in [0.3, 0.4) is 0 Å². The number of hydrogen-bond donors (Lipinski definition) is 1. The molecule has 5 nitrogen and oxygen atoms in total. The highest BCUT2D eigenvalue weighted by molar-refractivity contribution is 7.89. The van der Waals surface area contributed by atoms with Crippen molar-refractivity contribution in [1.29, 1.82) is 0 Å². The molecule has 0 radical (unpaired) electrons. The van der Waals surface area contributed by atoms with Crippen molar-refractivity contribution in [3.8, 4) is 5.75 Å². The Hall–Kier alpha value is -0.820. The summed E-state index contributed by atoms with van der Waals surface area (Å²) < 4.78 is 32.3. The summed E-state index contributed by atoms with van der Waals surface area (Å²) >= 11 is 0. The summed E-state index contributed by atoms with van der Waals surface area (Å²) in [6.07, 6.45) is 0. The number of benzene rings is 1. The fraction of sp³-hybridized carbons (Fsp3) is 0.571. The predicted octanol–water partition coefficient (Wildman–Crippen LogP) is 1.35. The molecule has 7 heteroatoms. The van der Waals surface area contributed by atoms with Gasteiger partial charge in [-0.25, -0.2) is 8.42 Å². The van der Waals surface area contributed by atoms with Crippen molar-refractivity contribution in [1.82, 2.24) is 9.62 Å². The summed E-state index contributed by atoms with van der Waals surface area (Å²) in [5.41, 5.74) is 0. The number of hydrogen-bond acceptors (Lipinski definition) is 4. The van der Waals surface area contributed by atoms with Crippen LogP contribution in [0.4, 0.5) is 0 Å². The smallest absolute Gasteiger partial charge is 0.243 e. The molecule has 3 rings (SSSR count). The molecule has 2 fully saturated rings. The quantitative estimate of drug-likeness (QED) is 0.904. The molecule has 0 saturated carbocycles. The molecule has 2 atom stereocenters. The fourth-order valence-electron chi connectivity index (χ4n) is 3.05. The molecule has 1 aromatic rings. The molecular formula is C14H21ClN2O3S. The number of fused-ring (bicyclic) bond motifs is 1. The second-order valence-corrected chi connectivity index (χ2v) is 7.35. The number of sulfonamides is 1. The standard InChI is InChI=1S/C14H20N2O3S.ClH/c1-2-19-13-4-3-5-14(6-13)20(17,18)16-9-11-7-15-8-12(11)10-16;/h3-6,11-12,15H,2,7-10H2,1H3;1H/t11-,12+;. The minimum absolute atomic E-state index is 0. The summed E-state index contributed by atoms with van der Waals surface area (Å²) in [6, 6.07) is 6.77. The monoisotopic (exact) mass is 332 g/mol. The van der Waals surface area contributed by atoms with Gasteiger partial charge >= 0.3 is 0 Å². The number of nitrogens with one attached hydrogen (secondary N) is 1. The van der Waals surface area contributed by atoms with Gasteiger partial charge in [0.05, 0.1) is 11.5 Å². The Labute approximate surface area is 132 Å². The van der Waals surface area contributed by atoms with Crippen molar-refractivity contribution in [2.75, 3.05) is 32.8 Å². The van der Waals surface area contributed by atoms with Crippen LogP contribution in [0.15, 0.2) is 29.2 Å². The Bertz CT molecular complexity index is 582. The lowest BCUT2D eigenvalue weighted by atomic mass is 10.0. The summed E-state index contributed by atoms with van der Waals surface area (Å²) in [7, 11) is -3.40. The van der Waals surface area contributed by atoms with Gasteiger partial charge in [0.25, 0.3) is 0 Å². The van der Waals surface area contributed by atoms with Crippen LogP contribution in [0.2, 0.25) is 0 Å². The molecule has 1 aromatic carbocycles. The fourth-order valence-corrected chi connectivity index (χ4v) is 4.64. The number of halogens is 1. The van der Waals surface area contributed by atoms with E-state index < -0.39 is 10.0 Å². The molecule has 0 aliphatic carbocycles. The highest BCUT2D eigenvalue weighted by Gasteiger charge is 2.41. The van der Waals surface area contributed by atoms with E-state index in [4.69, 9.17) is 4.74 Å². The SMILES string of the molecule is CCOc1cccc(S(=O)(=O)N2C[C@H]3CNC[C@H]3C2)c1.Cl. The number of rotatable bonds is 4. The molecule has 2 aliphatic rings. The predicted molar refractivity (Wildman–Crippen MR) is 83.5 cm³/mol. The third-order valence-corrected chi connectivity index (χ3v) is 5.94. The zero-order chi connectivity index (χ0) is 14.2. The maximum Gasteiger partial charge on any atom is 0.243 e. The van der Waals surface area contributed by atoms with E-state index in [2.05, 4.69) is 5.32 Å². The van der Waals surface area contributed by atoms with Gasteiger partial charge in [-0.2, -0.15) is 4.31 Å². The topological polar surface area (TPSA) is 58.6 Å². The lowest BCUT2D eigenvalue weighted by molar-refractivity contribution is 0.339. The summed E-state index contributed by atoms with van der Waals surface area (Å²) in [4.78, 5) is 0.330. The maximum absolute atomic E-state index is 12.7. The van der Waals surface area contributed by atoms with E-state index in [0.29, 0.717) is 42.2 Å². The van der Waals surface area contributed by atoms with Gasteiger partial charge in [-0.05, 0) is 44.0 Å². The minimum Gasteiger partial charge on any atom is -0.494 e. The van der Waals surface area contributed by atoms with Crippen molar-refractivity contribution in [2.24, 2.45) is 11.8 Å². The van der Waals surface area contributed by atoms with Gasteiger partial charge in [0, 0.05) is 19.2 Å². The zero-order valence-corrected chi connectivity index (χ0v) is 13.6. The van der Waals surface area contributed by atoms with E-state index >= 15 is 0 Å². The zero-order valence-electron chi connectivity index (χ0n) is 12.0. The molecule has 1 N–H and O–H groups in total. The molecule has 2 aliphatic heterocycles. The normalized spacial score (nSPS) is 25.4. The van der Waals surface area contributed by atoms with Crippen molar-refractivity contribution in [3.05, 3.63) is 24.3 Å². The first-order valence-electron chi connectivity index (χ1n) is 7.05. The van der Waals surface area contributed by atoms with Crippen LogP contribution >= 0.6 is 12.4 Å². The second-order valence-electron chi connectivity index (χ2n) is 5.41. The first-order chi connectivity index (χ1) is 9.61. The maximum atomic E-state index is 12.7. The highest BCUT2D eigenvalue weighted by atomic mass is 35.5. The molecule has 118 valence electrons. The van der Waals surface area contributed by atoms with Crippen molar-refractivity contribution < 1.29 is 13.2 Å². The molecular weight excluding hydrogens is 312 g/mol. The third kappa shape index (κ3) is 3.18. The van der Waals surface area contributed by atoms with Crippen LogP contribution in [0.25, 0.3) is 0 Å². The van der Waals surface area contributed by atoms with Gasteiger partial charge in [-0.1, -0.05) is 6.07 Å². The molecule has 0 unspecified atom stereocenters. The Morgan fingerprint density at radius 2 is 1.95 bits per heavy atom.